The predicted molar refractivity (Wildman–Crippen MR) is 79.3 cm³/mol. The molecule has 0 amide bonds. The zero-order chi connectivity index (χ0) is 17.2. The summed E-state index contributed by atoms with van der Waals surface area (Å²) in [6.07, 6.45) is -3.38. The topological polar surface area (TPSA) is 52.3 Å². The van der Waals surface area contributed by atoms with E-state index in [4.69, 9.17) is 16.4 Å². The van der Waals surface area contributed by atoms with Crippen molar-refractivity contribution in [2.24, 2.45) is 12.2 Å². The summed E-state index contributed by atoms with van der Waals surface area (Å²) in [5, 5.41) is 8.18. The maximum absolute atomic E-state index is 12.7. The molecule has 2 aromatic heterocycles. The van der Waals surface area contributed by atoms with Crippen LogP contribution in [0.2, 0.25) is 5.15 Å². The molecular weight excluding hydrogens is 333 g/mol. The summed E-state index contributed by atoms with van der Waals surface area (Å²) >= 11 is 6.03. The maximum atomic E-state index is 12.7. The lowest BCUT2D eigenvalue weighted by Gasteiger charge is -2.07. The summed E-state index contributed by atoms with van der Waals surface area (Å²) in [7, 11) is 1.69. The van der Waals surface area contributed by atoms with E-state index in [0.29, 0.717) is 22.0 Å². The lowest BCUT2D eigenvalue weighted by molar-refractivity contribution is -0.141. The summed E-state index contributed by atoms with van der Waals surface area (Å²) in [4.78, 5) is 8.57. The molecule has 0 bridgehead atoms. The van der Waals surface area contributed by atoms with Crippen LogP contribution >= 0.6 is 11.6 Å². The number of aromatic nitrogens is 3. The zero-order valence-corrected chi connectivity index (χ0v) is 13.4. The quantitative estimate of drug-likeness (QED) is 0.627. The smallest absolute Gasteiger partial charge is 0.391 e. The SMILES string of the molecule is Cc1cc(/C=N/OCc2c(C)nn(C)c2Cl)nc(C(F)(F)F)c1. The van der Waals surface area contributed by atoms with Crippen LogP contribution in [-0.4, -0.2) is 21.0 Å². The highest BCUT2D eigenvalue weighted by Gasteiger charge is 2.32. The number of oxime groups is 1. The van der Waals surface area contributed by atoms with Gasteiger partial charge in [-0.15, -0.1) is 0 Å². The van der Waals surface area contributed by atoms with Crippen LogP contribution in [0.4, 0.5) is 13.2 Å². The van der Waals surface area contributed by atoms with Crippen molar-refractivity contribution in [2.75, 3.05) is 0 Å². The van der Waals surface area contributed by atoms with E-state index in [0.717, 1.165) is 12.3 Å². The van der Waals surface area contributed by atoms with Gasteiger partial charge in [0.05, 0.1) is 23.2 Å². The Morgan fingerprint density at radius 3 is 2.61 bits per heavy atom. The van der Waals surface area contributed by atoms with Gasteiger partial charge < -0.3 is 4.84 Å². The number of nitrogens with zero attached hydrogens (tertiary/aromatic N) is 4. The van der Waals surface area contributed by atoms with Crippen LogP contribution in [-0.2, 0) is 24.7 Å². The molecule has 124 valence electrons. The molecule has 0 spiro atoms. The summed E-state index contributed by atoms with van der Waals surface area (Å²) < 4.78 is 39.6. The van der Waals surface area contributed by atoms with Crippen molar-refractivity contribution in [1.29, 1.82) is 0 Å². The average molecular weight is 347 g/mol. The van der Waals surface area contributed by atoms with Gasteiger partial charge in [-0.3, -0.25) is 4.68 Å². The molecule has 0 atom stereocenters. The average Bonchev–Trinajstić information content (AvgIpc) is 2.67. The van der Waals surface area contributed by atoms with Gasteiger partial charge in [0.1, 0.15) is 17.5 Å². The molecule has 0 saturated heterocycles. The summed E-state index contributed by atoms with van der Waals surface area (Å²) in [6, 6.07) is 2.45. The molecule has 0 aliphatic carbocycles. The van der Waals surface area contributed by atoms with Crippen molar-refractivity contribution in [3.05, 3.63) is 45.5 Å². The Bertz CT molecular complexity index is 740. The van der Waals surface area contributed by atoms with Gasteiger partial charge in [-0.25, -0.2) is 4.98 Å². The van der Waals surface area contributed by atoms with Gasteiger partial charge in [0.25, 0.3) is 0 Å². The van der Waals surface area contributed by atoms with Gasteiger partial charge in [-0.2, -0.15) is 18.3 Å². The van der Waals surface area contributed by atoms with Crippen molar-refractivity contribution in [3.63, 3.8) is 0 Å². The fourth-order valence-corrected chi connectivity index (χ4v) is 2.17. The van der Waals surface area contributed by atoms with Gasteiger partial charge in [0, 0.05) is 7.05 Å². The van der Waals surface area contributed by atoms with Crippen LogP contribution in [0.15, 0.2) is 17.3 Å². The number of halogens is 4. The first-order chi connectivity index (χ1) is 10.7. The van der Waals surface area contributed by atoms with Crippen LogP contribution in [0.5, 0.6) is 0 Å². The van der Waals surface area contributed by atoms with E-state index < -0.39 is 11.9 Å². The Morgan fingerprint density at radius 1 is 1.35 bits per heavy atom. The minimum atomic E-state index is -4.50. The molecule has 0 aromatic carbocycles. The van der Waals surface area contributed by atoms with E-state index >= 15 is 0 Å². The molecule has 2 aromatic rings. The molecule has 23 heavy (non-hydrogen) atoms. The molecule has 0 aliphatic rings. The van der Waals surface area contributed by atoms with Gasteiger partial charge in [-0.1, -0.05) is 16.8 Å². The lowest BCUT2D eigenvalue weighted by Crippen LogP contribution is -2.10. The molecule has 0 N–H and O–H groups in total. The summed E-state index contributed by atoms with van der Waals surface area (Å²) in [5.41, 5.74) is 0.886. The second-order valence-corrected chi connectivity index (χ2v) is 5.30. The molecule has 9 heteroatoms. The third-order valence-corrected chi connectivity index (χ3v) is 3.49. The Hall–Kier alpha value is -2.09. The third-order valence-electron chi connectivity index (χ3n) is 3.02. The Kier molecular flexibility index (Phi) is 4.93. The van der Waals surface area contributed by atoms with Gasteiger partial charge >= 0.3 is 6.18 Å². The minimum Gasteiger partial charge on any atom is -0.391 e. The van der Waals surface area contributed by atoms with Crippen molar-refractivity contribution < 1.29 is 18.0 Å². The molecule has 0 fully saturated rings. The largest absolute Gasteiger partial charge is 0.433 e. The highest BCUT2D eigenvalue weighted by molar-refractivity contribution is 6.30. The molecular formula is C14H14ClF3N4O. The second-order valence-electron chi connectivity index (χ2n) is 4.94. The van der Waals surface area contributed by atoms with Crippen LogP contribution in [0, 0.1) is 13.8 Å². The first-order valence-corrected chi connectivity index (χ1v) is 6.95. The van der Waals surface area contributed by atoms with Crippen molar-refractivity contribution in [3.8, 4) is 0 Å². The van der Waals surface area contributed by atoms with E-state index in [1.54, 1.807) is 20.9 Å². The monoisotopic (exact) mass is 346 g/mol. The van der Waals surface area contributed by atoms with E-state index in [2.05, 4.69) is 15.2 Å². The van der Waals surface area contributed by atoms with Crippen LogP contribution in [0.25, 0.3) is 0 Å². The molecule has 0 saturated carbocycles. The fourth-order valence-electron chi connectivity index (χ4n) is 1.94. The molecule has 5 nitrogen and oxygen atoms in total. The lowest BCUT2D eigenvalue weighted by atomic mass is 10.2. The van der Waals surface area contributed by atoms with Gasteiger partial charge in [-0.05, 0) is 31.5 Å². The number of pyridine rings is 1. The Labute approximate surface area is 135 Å². The van der Waals surface area contributed by atoms with Crippen molar-refractivity contribution in [1.82, 2.24) is 14.8 Å². The van der Waals surface area contributed by atoms with E-state index in [1.807, 2.05) is 0 Å². The first kappa shape index (κ1) is 17.3. The molecule has 0 radical (unpaired) electrons. The molecule has 2 heterocycles. The number of hydrogen-bond donors (Lipinski definition) is 0. The second kappa shape index (κ2) is 6.57. The minimum absolute atomic E-state index is 0.0614. The van der Waals surface area contributed by atoms with E-state index in [-0.39, 0.29) is 12.3 Å². The number of rotatable bonds is 4. The fraction of sp³-hybridized carbons (Fsp3) is 0.357. The van der Waals surface area contributed by atoms with E-state index in [9.17, 15) is 13.2 Å². The third kappa shape index (κ3) is 4.22. The van der Waals surface area contributed by atoms with Gasteiger partial charge in [0.15, 0.2) is 0 Å². The summed E-state index contributed by atoms with van der Waals surface area (Å²) in [5.74, 6) is 0. The first-order valence-electron chi connectivity index (χ1n) is 6.57. The highest BCUT2D eigenvalue weighted by Crippen LogP contribution is 2.28. The zero-order valence-electron chi connectivity index (χ0n) is 12.6. The maximum Gasteiger partial charge on any atom is 0.433 e. The van der Waals surface area contributed by atoms with E-state index in [1.165, 1.54) is 10.7 Å². The van der Waals surface area contributed by atoms with Crippen LogP contribution in [0.1, 0.15) is 28.2 Å². The molecule has 2 rings (SSSR count). The predicted octanol–water partition coefficient (Wildman–Crippen LogP) is 3.65. The highest BCUT2D eigenvalue weighted by atomic mass is 35.5. The number of hydrogen-bond acceptors (Lipinski definition) is 4. The molecule has 0 unspecified atom stereocenters. The molecule has 0 aliphatic heterocycles. The Morgan fingerprint density at radius 2 is 2.04 bits per heavy atom. The van der Waals surface area contributed by atoms with Crippen molar-refractivity contribution in [2.45, 2.75) is 26.6 Å². The number of aryl methyl sites for hydroxylation is 3. The van der Waals surface area contributed by atoms with Crippen LogP contribution < -0.4 is 0 Å². The van der Waals surface area contributed by atoms with Gasteiger partial charge in [0.2, 0.25) is 0 Å². The normalized spacial score (nSPS) is 12.1. The Balaban J connectivity index is 2.08. The summed E-state index contributed by atoms with van der Waals surface area (Å²) in [6.45, 7) is 3.38. The van der Waals surface area contributed by atoms with Crippen LogP contribution in [0.3, 0.4) is 0 Å². The van der Waals surface area contributed by atoms with Crippen molar-refractivity contribution >= 4 is 17.8 Å². The number of alkyl halides is 3. The standard InChI is InChI=1S/C14H14ClF3N4O/c1-8-4-10(20-12(5-8)14(16,17)18)6-19-23-7-11-9(2)21-22(3)13(11)15/h4-6H,7H2,1-3H3/b19-6+.